The molecule has 0 saturated heterocycles. The molecule has 3 aromatic rings. The van der Waals surface area contributed by atoms with E-state index in [2.05, 4.69) is 50.4 Å². The average Bonchev–Trinajstić information content (AvgIpc) is 3.02. The van der Waals surface area contributed by atoms with Crippen LogP contribution in [0, 0.1) is 0 Å². The Morgan fingerprint density at radius 2 is 2.00 bits per heavy atom. The minimum Gasteiger partial charge on any atom is -0.377 e. The van der Waals surface area contributed by atoms with E-state index in [-0.39, 0.29) is 6.04 Å². The lowest BCUT2D eigenvalue weighted by Crippen LogP contribution is -2.09. The van der Waals surface area contributed by atoms with Crippen molar-refractivity contribution in [3.63, 3.8) is 0 Å². The maximum Gasteiger partial charge on any atom is 0.138 e. The van der Waals surface area contributed by atoms with Gasteiger partial charge in [0.05, 0.1) is 11.4 Å². The molecular weight excluding hydrogens is 328 g/mol. The van der Waals surface area contributed by atoms with E-state index >= 15 is 0 Å². The summed E-state index contributed by atoms with van der Waals surface area (Å²) in [5, 5.41) is 7.73. The summed E-state index contributed by atoms with van der Waals surface area (Å²) < 4.78 is 2.84. The second kappa shape index (κ2) is 6.10. The second-order valence-electron chi connectivity index (χ2n) is 4.78. The molecule has 1 atom stereocenters. The molecule has 0 spiro atoms. The highest BCUT2D eigenvalue weighted by Crippen LogP contribution is 2.25. The minimum absolute atomic E-state index is 0.187. The van der Waals surface area contributed by atoms with Gasteiger partial charge in [-0.05, 0) is 36.8 Å². The highest BCUT2D eigenvalue weighted by atomic mass is 79.9. The molecule has 0 fully saturated rings. The van der Waals surface area contributed by atoms with Crippen LogP contribution in [0.3, 0.4) is 0 Å². The van der Waals surface area contributed by atoms with Gasteiger partial charge in [0.2, 0.25) is 0 Å². The molecule has 1 heterocycles. The summed E-state index contributed by atoms with van der Waals surface area (Å²) in [7, 11) is 0. The van der Waals surface area contributed by atoms with Crippen LogP contribution in [0.4, 0.5) is 5.69 Å². The molecule has 0 saturated carbocycles. The molecule has 0 radical (unpaired) electrons. The van der Waals surface area contributed by atoms with Gasteiger partial charge in [-0.2, -0.15) is 5.10 Å². The van der Waals surface area contributed by atoms with Crippen molar-refractivity contribution < 1.29 is 0 Å². The highest BCUT2D eigenvalue weighted by Gasteiger charge is 2.09. The van der Waals surface area contributed by atoms with Crippen LogP contribution in [0.25, 0.3) is 5.69 Å². The third kappa shape index (κ3) is 3.13. The van der Waals surface area contributed by atoms with Crippen molar-refractivity contribution in [3.8, 4) is 5.69 Å². The van der Waals surface area contributed by atoms with E-state index in [1.54, 1.807) is 11.0 Å². The molecular formula is C16H15BrN4. The zero-order valence-corrected chi connectivity index (χ0v) is 13.2. The van der Waals surface area contributed by atoms with Gasteiger partial charge in [0.15, 0.2) is 0 Å². The fraction of sp³-hybridized carbons (Fsp3) is 0.125. The first-order valence-electron chi connectivity index (χ1n) is 6.70. The first-order valence-corrected chi connectivity index (χ1v) is 7.49. The van der Waals surface area contributed by atoms with E-state index in [9.17, 15) is 0 Å². The van der Waals surface area contributed by atoms with E-state index < -0.39 is 0 Å². The average molecular weight is 343 g/mol. The molecule has 5 heteroatoms. The highest BCUT2D eigenvalue weighted by molar-refractivity contribution is 9.10. The number of benzene rings is 2. The normalized spacial score (nSPS) is 12.1. The molecule has 3 rings (SSSR count). The van der Waals surface area contributed by atoms with Crippen LogP contribution in [-0.4, -0.2) is 14.8 Å². The van der Waals surface area contributed by atoms with Crippen molar-refractivity contribution >= 4 is 21.6 Å². The maximum absolute atomic E-state index is 4.20. The number of halogens is 1. The molecule has 106 valence electrons. The smallest absolute Gasteiger partial charge is 0.138 e. The van der Waals surface area contributed by atoms with Gasteiger partial charge < -0.3 is 5.32 Å². The van der Waals surface area contributed by atoms with Crippen LogP contribution in [0.1, 0.15) is 18.5 Å². The van der Waals surface area contributed by atoms with Crippen LogP contribution in [0.15, 0.2) is 65.7 Å². The van der Waals surface area contributed by atoms with Gasteiger partial charge in [0.1, 0.15) is 12.7 Å². The number of nitrogens with one attached hydrogen (secondary N) is 1. The molecule has 0 aliphatic rings. The molecule has 21 heavy (non-hydrogen) atoms. The number of rotatable bonds is 4. The Kier molecular flexibility index (Phi) is 4.01. The summed E-state index contributed by atoms with van der Waals surface area (Å²) >= 11 is 3.51. The van der Waals surface area contributed by atoms with E-state index in [4.69, 9.17) is 0 Å². The Labute approximate surface area is 132 Å². The first kappa shape index (κ1) is 13.8. The van der Waals surface area contributed by atoms with E-state index in [1.165, 1.54) is 11.9 Å². The third-order valence-electron chi connectivity index (χ3n) is 3.29. The summed E-state index contributed by atoms with van der Waals surface area (Å²) in [5.41, 5.74) is 3.23. The number of anilines is 1. The number of hydrogen-bond donors (Lipinski definition) is 1. The van der Waals surface area contributed by atoms with Crippen molar-refractivity contribution in [1.82, 2.24) is 14.8 Å². The van der Waals surface area contributed by atoms with Crippen molar-refractivity contribution in [3.05, 3.63) is 71.2 Å². The first-order chi connectivity index (χ1) is 10.2. The predicted molar refractivity (Wildman–Crippen MR) is 87.5 cm³/mol. The van der Waals surface area contributed by atoms with Gasteiger partial charge >= 0.3 is 0 Å². The lowest BCUT2D eigenvalue weighted by Gasteiger charge is -2.18. The SMILES string of the molecule is CC(Nc1ccccc1-n1cncn1)c1cccc(Br)c1. The van der Waals surface area contributed by atoms with Crippen LogP contribution in [0.2, 0.25) is 0 Å². The Bertz CT molecular complexity index is 725. The Hall–Kier alpha value is -2.14. The van der Waals surface area contributed by atoms with Gasteiger partial charge in [-0.25, -0.2) is 9.67 Å². The molecule has 0 aliphatic carbocycles. The monoisotopic (exact) mass is 342 g/mol. The standard InChI is InChI=1S/C16H15BrN4/c1-12(13-5-4-6-14(17)9-13)20-15-7-2-3-8-16(15)21-11-18-10-19-21/h2-12,20H,1H3. The minimum atomic E-state index is 0.187. The van der Waals surface area contributed by atoms with E-state index in [0.29, 0.717) is 0 Å². The van der Waals surface area contributed by atoms with Crippen LogP contribution >= 0.6 is 15.9 Å². The molecule has 0 bridgehead atoms. The fourth-order valence-electron chi connectivity index (χ4n) is 2.22. The Morgan fingerprint density at radius 3 is 2.76 bits per heavy atom. The lowest BCUT2D eigenvalue weighted by atomic mass is 10.1. The molecule has 0 amide bonds. The summed E-state index contributed by atoms with van der Waals surface area (Å²) in [6.07, 6.45) is 3.23. The third-order valence-corrected chi connectivity index (χ3v) is 3.78. The quantitative estimate of drug-likeness (QED) is 0.772. The number of nitrogens with zero attached hydrogens (tertiary/aromatic N) is 3. The number of para-hydroxylation sites is 2. The van der Waals surface area contributed by atoms with Crippen LogP contribution in [-0.2, 0) is 0 Å². The molecule has 1 aromatic heterocycles. The van der Waals surface area contributed by atoms with E-state index in [1.807, 2.05) is 36.4 Å². The molecule has 4 nitrogen and oxygen atoms in total. The van der Waals surface area contributed by atoms with Crippen molar-refractivity contribution in [2.24, 2.45) is 0 Å². The fourth-order valence-corrected chi connectivity index (χ4v) is 2.64. The predicted octanol–water partition coefficient (Wildman–Crippen LogP) is 4.20. The number of hydrogen-bond acceptors (Lipinski definition) is 3. The van der Waals surface area contributed by atoms with Gasteiger partial charge in [-0.1, -0.05) is 40.2 Å². The van der Waals surface area contributed by atoms with Crippen molar-refractivity contribution in [2.45, 2.75) is 13.0 Å². The van der Waals surface area contributed by atoms with Gasteiger partial charge in [0, 0.05) is 10.5 Å². The summed E-state index contributed by atoms with van der Waals surface area (Å²) in [5.74, 6) is 0. The topological polar surface area (TPSA) is 42.7 Å². The molecule has 0 aliphatic heterocycles. The van der Waals surface area contributed by atoms with Gasteiger partial charge in [0.25, 0.3) is 0 Å². The Morgan fingerprint density at radius 1 is 1.14 bits per heavy atom. The van der Waals surface area contributed by atoms with Crippen LogP contribution < -0.4 is 5.32 Å². The van der Waals surface area contributed by atoms with Crippen LogP contribution in [0.5, 0.6) is 0 Å². The largest absolute Gasteiger partial charge is 0.377 e. The zero-order valence-electron chi connectivity index (χ0n) is 11.6. The van der Waals surface area contributed by atoms with Gasteiger partial charge in [-0.15, -0.1) is 0 Å². The summed E-state index contributed by atoms with van der Waals surface area (Å²) in [6, 6.07) is 16.6. The summed E-state index contributed by atoms with van der Waals surface area (Å²) in [4.78, 5) is 4.01. The molecule has 2 aromatic carbocycles. The maximum atomic E-state index is 4.20. The van der Waals surface area contributed by atoms with Crippen molar-refractivity contribution in [1.29, 1.82) is 0 Å². The lowest BCUT2D eigenvalue weighted by molar-refractivity contribution is 0.852. The number of aromatic nitrogens is 3. The van der Waals surface area contributed by atoms with Gasteiger partial charge in [-0.3, -0.25) is 0 Å². The summed E-state index contributed by atoms with van der Waals surface area (Å²) in [6.45, 7) is 2.14. The van der Waals surface area contributed by atoms with Crippen molar-refractivity contribution in [2.75, 3.05) is 5.32 Å². The Balaban J connectivity index is 1.88. The molecule has 1 N–H and O–H groups in total. The van der Waals surface area contributed by atoms with E-state index in [0.717, 1.165) is 15.8 Å². The second-order valence-corrected chi connectivity index (χ2v) is 5.69. The molecule has 1 unspecified atom stereocenters. The zero-order chi connectivity index (χ0) is 14.7.